The van der Waals surface area contributed by atoms with Gasteiger partial charge in [0.2, 0.25) is 0 Å². The van der Waals surface area contributed by atoms with Crippen molar-refractivity contribution < 1.29 is 9.47 Å². The quantitative estimate of drug-likeness (QED) is 0.641. The monoisotopic (exact) mass is 208 g/mol. The minimum Gasteiger partial charge on any atom is -0.493 e. The number of hydrogen-bond acceptors (Lipinski definition) is 2. The van der Waals surface area contributed by atoms with Crippen LogP contribution in [0.25, 0.3) is 0 Å². The van der Waals surface area contributed by atoms with Gasteiger partial charge in [0.05, 0.1) is 6.61 Å². The third-order valence-corrected chi connectivity index (χ3v) is 2.35. The minimum absolute atomic E-state index is 0.778. The molecule has 2 heteroatoms. The van der Waals surface area contributed by atoms with E-state index in [1.807, 2.05) is 12.1 Å². The zero-order chi connectivity index (χ0) is 10.9. The van der Waals surface area contributed by atoms with Gasteiger partial charge in [-0.2, -0.15) is 0 Å². The van der Waals surface area contributed by atoms with Gasteiger partial charge < -0.3 is 9.47 Å². The molecule has 0 bridgehead atoms. The van der Waals surface area contributed by atoms with Crippen LogP contribution in [-0.2, 0) is 11.2 Å². The molecule has 0 amide bonds. The molecule has 0 unspecified atom stereocenters. The fourth-order valence-corrected chi connectivity index (χ4v) is 1.47. The highest BCUT2D eigenvalue weighted by atomic mass is 16.5. The Morgan fingerprint density at radius 2 is 1.80 bits per heavy atom. The maximum absolute atomic E-state index is 5.72. The van der Waals surface area contributed by atoms with Crippen molar-refractivity contribution >= 4 is 0 Å². The first-order chi connectivity index (χ1) is 7.38. The van der Waals surface area contributed by atoms with Crippen molar-refractivity contribution in [2.24, 2.45) is 0 Å². The molecule has 0 heterocycles. The van der Waals surface area contributed by atoms with E-state index in [2.05, 4.69) is 19.1 Å². The summed E-state index contributed by atoms with van der Waals surface area (Å²) in [6, 6.07) is 8.22. The molecule has 1 aromatic carbocycles. The normalized spacial score (nSPS) is 10.3. The number of para-hydroxylation sites is 1. The topological polar surface area (TPSA) is 18.5 Å². The minimum atomic E-state index is 0.778. The molecule has 2 nitrogen and oxygen atoms in total. The van der Waals surface area contributed by atoms with Gasteiger partial charge in [-0.15, -0.1) is 0 Å². The van der Waals surface area contributed by atoms with Crippen LogP contribution >= 0.6 is 0 Å². The second-order valence-corrected chi connectivity index (χ2v) is 3.51. The molecule has 0 fully saturated rings. The predicted molar refractivity (Wildman–Crippen MR) is 62.4 cm³/mol. The molecule has 0 aromatic heterocycles. The lowest BCUT2D eigenvalue weighted by Crippen LogP contribution is -2.01. The van der Waals surface area contributed by atoms with Crippen LogP contribution in [0.3, 0.4) is 0 Å². The Morgan fingerprint density at radius 1 is 1.07 bits per heavy atom. The molecular weight excluding hydrogens is 188 g/mol. The number of hydrogen-bond donors (Lipinski definition) is 0. The molecule has 0 saturated heterocycles. The van der Waals surface area contributed by atoms with E-state index in [1.54, 1.807) is 7.11 Å². The van der Waals surface area contributed by atoms with Gasteiger partial charge in [0.25, 0.3) is 0 Å². The summed E-state index contributed by atoms with van der Waals surface area (Å²) in [6.07, 6.45) is 3.13. The molecule has 1 aromatic rings. The Bertz CT molecular complexity index is 271. The molecule has 0 aliphatic heterocycles. The van der Waals surface area contributed by atoms with Crippen LogP contribution in [-0.4, -0.2) is 20.3 Å². The van der Waals surface area contributed by atoms with Gasteiger partial charge in [0, 0.05) is 13.7 Å². The van der Waals surface area contributed by atoms with Crippen LogP contribution in [0.15, 0.2) is 24.3 Å². The lowest BCUT2D eigenvalue weighted by atomic mass is 10.1. The van der Waals surface area contributed by atoms with Crippen LogP contribution in [0.5, 0.6) is 5.75 Å². The molecule has 0 saturated carbocycles. The van der Waals surface area contributed by atoms with Crippen LogP contribution in [0.1, 0.15) is 25.3 Å². The van der Waals surface area contributed by atoms with Crippen molar-refractivity contribution in [1.29, 1.82) is 0 Å². The maximum atomic E-state index is 5.72. The molecule has 15 heavy (non-hydrogen) atoms. The Balaban J connectivity index is 2.30. The van der Waals surface area contributed by atoms with Crippen molar-refractivity contribution in [3.63, 3.8) is 0 Å². The van der Waals surface area contributed by atoms with E-state index in [-0.39, 0.29) is 0 Å². The van der Waals surface area contributed by atoms with E-state index in [4.69, 9.17) is 9.47 Å². The molecule has 0 aliphatic carbocycles. The first-order valence-electron chi connectivity index (χ1n) is 5.58. The van der Waals surface area contributed by atoms with Gasteiger partial charge in [-0.05, 0) is 30.9 Å². The van der Waals surface area contributed by atoms with Gasteiger partial charge in [-0.3, -0.25) is 0 Å². The molecule has 0 radical (unpaired) electrons. The number of benzene rings is 1. The summed E-state index contributed by atoms with van der Waals surface area (Å²) < 4.78 is 10.7. The summed E-state index contributed by atoms with van der Waals surface area (Å²) in [5.74, 6) is 1.03. The summed E-state index contributed by atoms with van der Waals surface area (Å²) in [5.41, 5.74) is 1.28. The number of methoxy groups -OCH3 is 1. The largest absolute Gasteiger partial charge is 0.493 e. The summed E-state index contributed by atoms with van der Waals surface area (Å²) in [4.78, 5) is 0. The third kappa shape index (κ3) is 4.34. The maximum Gasteiger partial charge on any atom is 0.122 e. The lowest BCUT2D eigenvalue weighted by molar-refractivity contribution is 0.184. The van der Waals surface area contributed by atoms with E-state index in [9.17, 15) is 0 Å². The zero-order valence-electron chi connectivity index (χ0n) is 9.66. The van der Waals surface area contributed by atoms with Crippen molar-refractivity contribution in [1.82, 2.24) is 0 Å². The summed E-state index contributed by atoms with van der Waals surface area (Å²) >= 11 is 0. The second-order valence-electron chi connectivity index (χ2n) is 3.51. The van der Waals surface area contributed by atoms with E-state index in [0.29, 0.717) is 0 Å². The average molecular weight is 208 g/mol. The van der Waals surface area contributed by atoms with Crippen molar-refractivity contribution in [3.05, 3.63) is 29.8 Å². The smallest absolute Gasteiger partial charge is 0.122 e. The van der Waals surface area contributed by atoms with Crippen LogP contribution in [0, 0.1) is 0 Å². The first-order valence-corrected chi connectivity index (χ1v) is 5.58. The molecular formula is C13H20O2. The van der Waals surface area contributed by atoms with E-state index >= 15 is 0 Å². The highest BCUT2D eigenvalue weighted by Crippen LogP contribution is 2.18. The van der Waals surface area contributed by atoms with Crippen LogP contribution in [0.4, 0.5) is 0 Å². The Kier molecular flexibility index (Phi) is 5.86. The lowest BCUT2D eigenvalue weighted by Gasteiger charge is -2.09. The SMILES string of the molecule is CCc1ccccc1OCCCCOC. The highest BCUT2D eigenvalue weighted by molar-refractivity contribution is 5.33. The molecule has 0 aliphatic rings. The predicted octanol–water partition coefficient (Wildman–Crippen LogP) is 3.05. The number of ether oxygens (including phenoxy) is 2. The molecule has 0 N–H and O–H groups in total. The molecule has 0 atom stereocenters. The van der Waals surface area contributed by atoms with E-state index in [0.717, 1.165) is 38.2 Å². The Hall–Kier alpha value is -1.02. The van der Waals surface area contributed by atoms with E-state index in [1.165, 1.54) is 5.56 Å². The third-order valence-electron chi connectivity index (χ3n) is 2.35. The molecule has 84 valence electrons. The number of rotatable bonds is 7. The summed E-state index contributed by atoms with van der Waals surface area (Å²) in [5, 5.41) is 0. The van der Waals surface area contributed by atoms with Gasteiger partial charge >= 0.3 is 0 Å². The number of aryl methyl sites for hydroxylation is 1. The van der Waals surface area contributed by atoms with Gasteiger partial charge in [-0.25, -0.2) is 0 Å². The summed E-state index contributed by atoms with van der Waals surface area (Å²) in [6.45, 7) is 3.74. The average Bonchev–Trinajstić information content (AvgIpc) is 2.29. The first kappa shape index (κ1) is 12.1. The molecule has 0 spiro atoms. The Labute approximate surface area is 92.2 Å². The van der Waals surface area contributed by atoms with Crippen molar-refractivity contribution in [2.75, 3.05) is 20.3 Å². The van der Waals surface area contributed by atoms with Gasteiger partial charge in [0.1, 0.15) is 5.75 Å². The number of unbranched alkanes of at least 4 members (excludes halogenated alkanes) is 1. The van der Waals surface area contributed by atoms with Crippen LogP contribution in [0.2, 0.25) is 0 Å². The van der Waals surface area contributed by atoms with Gasteiger partial charge in [0.15, 0.2) is 0 Å². The fourth-order valence-electron chi connectivity index (χ4n) is 1.47. The summed E-state index contributed by atoms with van der Waals surface area (Å²) in [7, 11) is 1.73. The zero-order valence-corrected chi connectivity index (χ0v) is 9.66. The van der Waals surface area contributed by atoms with E-state index < -0.39 is 0 Å². The van der Waals surface area contributed by atoms with Gasteiger partial charge in [-0.1, -0.05) is 25.1 Å². The Morgan fingerprint density at radius 3 is 2.53 bits per heavy atom. The van der Waals surface area contributed by atoms with Crippen molar-refractivity contribution in [3.8, 4) is 5.75 Å². The molecule has 1 rings (SSSR count). The second kappa shape index (κ2) is 7.30. The van der Waals surface area contributed by atoms with Crippen molar-refractivity contribution in [2.45, 2.75) is 26.2 Å². The fraction of sp³-hybridized carbons (Fsp3) is 0.538. The highest BCUT2D eigenvalue weighted by Gasteiger charge is 1.99. The van der Waals surface area contributed by atoms with Crippen LogP contribution < -0.4 is 4.74 Å². The standard InChI is InChI=1S/C13H20O2/c1-3-12-8-4-5-9-13(12)15-11-7-6-10-14-2/h4-5,8-9H,3,6-7,10-11H2,1-2H3.